The molecule has 0 spiro atoms. The van der Waals surface area contributed by atoms with E-state index in [1.165, 1.54) is 57.7 Å². The van der Waals surface area contributed by atoms with E-state index in [1.54, 1.807) is 12.1 Å². The smallest absolute Gasteiger partial charge is 0.301 e. The predicted octanol–water partition coefficient (Wildman–Crippen LogP) is 8.03. The molecule has 20 heteroatoms. The van der Waals surface area contributed by atoms with Crippen molar-refractivity contribution in [2.45, 2.75) is 6.29 Å². The van der Waals surface area contributed by atoms with Gasteiger partial charge in [0.15, 0.2) is 29.4 Å². The van der Waals surface area contributed by atoms with Gasteiger partial charge in [0.1, 0.15) is 23.0 Å². The van der Waals surface area contributed by atoms with Crippen molar-refractivity contribution in [3.05, 3.63) is 91.1 Å². The maximum absolute atomic E-state index is 14.4. The zero-order valence-electron chi connectivity index (χ0n) is 26.9. The van der Waals surface area contributed by atoms with Crippen LogP contribution in [0.2, 0.25) is 0 Å². The SMILES string of the molecule is COC(CN(C)S(=O)(=O)Nc1ccc(F)c(F)c1Nc1ccc(I)cc1F)OC.Nc1ccc(OCF)c(OCF)c1Nc1ccc(I)cc1F. The first kappa shape index (κ1) is 42.0. The molecule has 4 aromatic rings. The number of methoxy groups -OCH3 is 2. The lowest BCUT2D eigenvalue weighted by Gasteiger charge is -2.23. The molecule has 0 aliphatic carbocycles. The largest absolute Gasteiger partial charge is 0.459 e. The molecular weight excluding hydrogens is 938 g/mol. The minimum absolute atomic E-state index is 0.0391. The molecule has 11 nitrogen and oxygen atoms in total. The Labute approximate surface area is 317 Å². The molecule has 278 valence electrons. The fourth-order valence-electron chi connectivity index (χ4n) is 4.06. The van der Waals surface area contributed by atoms with Crippen LogP contribution < -0.4 is 30.6 Å². The molecule has 0 heterocycles. The third kappa shape index (κ3) is 11.5. The lowest BCUT2D eigenvalue weighted by molar-refractivity contribution is -0.106. The Morgan fingerprint density at radius 1 is 0.765 bits per heavy atom. The summed E-state index contributed by atoms with van der Waals surface area (Å²) >= 11 is 3.86. The van der Waals surface area contributed by atoms with Gasteiger partial charge in [0, 0.05) is 28.4 Å². The molecule has 0 saturated heterocycles. The monoisotopic (exact) mass is 969 g/mol. The highest BCUT2D eigenvalue weighted by Gasteiger charge is 2.25. The number of hydrogen-bond donors (Lipinski definition) is 4. The molecule has 4 rings (SSSR count). The standard InChI is InChI=1S/C17H19F3IN3O4S.C14H12F3IN2O2/c1-24(9-15(27-2)28-3)29(25,26)23-14-7-5-11(18)16(20)17(14)22-13-6-4-10(21)8-12(13)19;15-6-21-12-4-2-10(19)13(14(12)22-7-16)20-11-3-1-8(18)5-9(11)17/h4-8,15,22-23H,9H2,1-3H3;1-5,20H,6-7,19H2. The first-order valence-electron chi connectivity index (χ1n) is 14.2. The van der Waals surface area contributed by atoms with Crippen LogP contribution in [0.15, 0.2) is 60.7 Å². The van der Waals surface area contributed by atoms with Gasteiger partial charge >= 0.3 is 10.2 Å². The Hall–Kier alpha value is -3.45. The van der Waals surface area contributed by atoms with Gasteiger partial charge in [-0.1, -0.05) is 0 Å². The van der Waals surface area contributed by atoms with Crippen molar-refractivity contribution in [2.75, 3.05) is 62.6 Å². The summed E-state index contributed by atoms with van der Waals surface area (Å²) in [5.74, 6) is -3.99. The van der Waals surface area contributed by atoms with Crippen LogP contribution in [0.25, 0.3) is 0 Å². The highest BCUT2D eigenvalue weighted by Crippen LogP contribution is 2.42. The molecule has 0 unspecified atom stereocenters. The van der Waals surface area contributed by atoms with Crippen LogP contribution in [0.3, 0.4) is 0 Å². The van der Waals surface area contributed by atoms with Crippen LogP contribution in [-0.2, 0) is 19.7 Å². The second-order valence-electron chi connectivity index (χ2n) is 9.93. The molecule has 0 aliphatic rings. The number of nitrogens with two attached hydrogens (primary N) is 1. The highest BCUT2D eigenvalue weighted by atomic mass is 127. The van der Waals surface area contributed by atoms with Crippen molar-refractivity contribution in [2.24, 2.45) is 0 Å². The Morgan fingerprint density at radius 2 is 1.29 bits per heavy atom. The molecule has 0 radical (unpaired) electrons. The summed E-state index contributed by atoms with van der Waals surface area (Å²) in [6.45, 7) is -2.46. The minimum atomic E-state index is -4.19. The van der Waals surface area contributed by atoms with Crippen LogP contribution in [0.5, 0.6) is 11.5 Å². The molecule has 0 amide bonds. The first-order valence-corrected chi connectivity index (χ1v) is 17.8. The van der Waals surface area contributed by atoms with Crippen LogP contribution in [0.1, 0.15) is 0 Å². The van der Waals surface area contributed by atoms with E-state index in [-0.39, 0.29) is 46.5 Å². The summed E-state index contributed by atoms with van der Waals surface area (Å²) in [4.78, 5) is 0. The number of anilines is 6. The number of ether oxygens (including phenoxy) is 4. The zero-order valence-corrected chi connectivity index (χ0v) is 32.0. The normalized spacial score (nSPS) is 11.2. The number of rotatable bonds is 15. The maximum Gasteiger partial charge on any atom is 0.301 e. The van der Waals surface area contributed by atoms with E-state index in [0.717, 1.165) is 16.4 Å². The molecule has 0 aromatic heterocycles. The second kappa shape index (κ2) is 19.4. The summed E-state index contributed by atoms with van der Waals surface area (Å²) in [6, 6.07) is 13.1. The number of nitrogens with one attached hydrogen (secondary N) is 3. The Balaban J connectivity index is 0.000000286. The second-order valence-corrected chi connectivity index (χ2v) is 14.2. The van der Waals surface area contributed by atoms with E-state index in [4.69, 9.17) is 24.7 Å². The molecule has 0 fully saturated rings. The van der Waals surface area contributed by atoms with E-state index < -0.39 is 59.2 Å². The molecule has 51 heavy (non-hydrogen) atoms. The summed E-state index contributed by atoms with van der Waals surface area (Å²) < 4.78 is 130. The van der Waals surface area contributed by atoms with Gasteiger partial charge in [0.25, 0.3) is 0 Å². The third-order valence-corrected chi connectivity index (χ3v) is 9.41. The van der Waals surface area contributed by atoms with Crippen LogP contribution in [-0.4, -0.2) is 60.5 Å². The van der Waals surface area contributed by atoms with E-state index in [1.807, 2.05) is 45.2 Å². The fourth-order valence-corrected chi connectivity index (χ4v) is 5.89. The van der Waals surface area contributed by atoms with Crippen LogP contribution in [0.4, 0.5) is 60.5 Å². The Morgan fingerprint density at radius 3 is 1.80 bits per heavy atom. The highest BCUT2D eigenvalue weighted by molar-refractivity contribution is 14.1. The summed E-state index contributed by atoms with van der Waals surface area (Å²) in [6.07, 6.45) is -0.833. The van der Waals surface area contributed by atoms with E-state index >= 15 is 0 Å². The van der Waals surface area contributed by atoms with E-state index in [0.29, 0.717) is 7.14 Å². The van der Waals surface area contributed by atoms with Gasteiger partial charge in [0.05, 0.1) is 29.3 Å². The Bertz CT molecular complexity index is 1910. The lowest BCUT2D eigenvalue weighted by atomic mass is 10.2. The number of benzene rings is 4. The number of nitrogen functional groups attached to an aromatic ring is 1. The predicted molar refractivity (Wildman–Crippen MR) is 198 cm³/mol. The molecular formula is C31H31F6I2N5O6S. The summed E-state index contributed by atoms with van der Waals surface area (Å²) in [5, 5.41) is 5.14. The van der Waals surface area contributed by atoms with E-state index in [2.05, 4.69) is 15.4 Å². The maximum atomic E-state index is 14.4. The number of halogens is 8. The van der Waals surface area contributed by atoms with Gasteiger partial charge in [-0.2, -0.15) is 12.7 Å². The van der Waals surface area contributed by atoms with Crippen molar-refractivity contribution in [1.82, 2.24) is 4.31 Å². The number of nitrogens with zero attached hydrogens (tertiary/aromatic N) is 1. The van der Waals surface area contributed by atoms with Gasteiger partial charge in [-0.05, 0) is 106 Å². The molecule has 4 aromatic carbocycles. The average Bonchev–Trinajstić information content (AvgIpc) is 3.08. The van der Waals surface area contributed by atoms with Gasteiger partial charge in [-0.3, -0.25) is 4.72 Å². The average molecular weight is 969 g/mol. The number of hydrogen-bond acceptors (Lipinski definition) is 9. The van der Waals surface area contributed by atoms with Crippen molar-refractivity contribution in [3.63, 3.8) is 0 Å². The molecule has 0 aliphatic heterocycles. The van der Waals surface area contributed by atoms with Gasteiger partial charge < -0.3 is 35.3 Å². The van der Waals surface area contributed by atoms with Crippen LogP contribution >= 0.6 is 45.2 Å². The minimum Gasteiger partial charge on any atom is -0.459 e. The Kier molecular flexibility index (Phi) is 16.0. The van der Waals surface area contributed by atoms with E-state index in [9.17, 15) is 34.8 Å². The quantitative estimate of drug-likeness (QED) is 0.0404. The summed E-state index contributed by atoms with van der Waals surface area (Å²) in [7, 11) is -0.257. The third-order valence-electron chi connectivity index (χ3n) is 6.62. The molecule has 0 bridgehead atoms. The molecule has 0 atom stereocenters. The van der Waals surface area contributed by atoms with Crippen molar-refractivity contribution < 1.29 is 53.7 Å². The van der Waals surface area contributed by atoms with Crippen molar-refractivity contribution in [1.29, 1.82) is 0 Å². The van der Waals surface area contributed by atoms with Gasteiger partial charge in [0.2, 0.25) is 13.7 Å². The first-order chi connectivity index (χ1) is 24.1. The topological polar surface area (TPSA) is 136 Å². The number of likely N-dealkylation sites (N-methyl/N-ethyl adjacent to an activating group) is 1. The van der Waals surface area contributed by atoms with Crippen LogP contribution in [0, 0.1) is 30.4 Å². The van der Waals surface area contributed by atoms with Crippen molar-refractivity contribution >= 4 is 89.5 Å². The molecule has 0 saturated carbocycles. The number of alkyl halides is 2. The summed E-state index contributed by atoms with van der Waals surface area (Å²) in [5.41, 5.74) is 5.19. The lowest BCUT2D eigenvalue weighted by Crippen LogP contribution is -2.39. The van der Waals surface area contributed by atoms with Gasteiger partial charge in [-0.25, -0.2) is 26.3 Å². The fraction of sp³-hybridized carbons (Fsp3) is 0.226. The molecule has 5 N–H and O–H groups in total. The van der Waals surface area contributed by atoms with Crippen molar-refractivity contribution in [3.8, 4) is 11.5 Å². The van der Waals surface area contributed by atoms with Gasteiger partial charge in [-0.15, -0.1) is 0 Å². The zero-order chi connectivity index (χ0) is 37.9.